The van der Waals surface area contributed by atoms with Gasteiger partial charge in [0, 0.05) is 30.8 Å². The van der Waals surface area contributed by atoms with Crippen LogP contribution in [0.25, 0.3) is 22.2 Å². The molecular weight excluding hydrogens is 507 g/mol. The summed E-state index contributed by atoms with van der Waals surface area (Å²) in [5.41, 5.74) is 5.12. The molecule has 0 radical (unpaired) electrons. The van der Waals surface area contributed by atoms with Gasteiger partial charge in [0.25, 0.3) is 5.91 Å². The quantitative estimate of drug-likeness (QED) is 0.300. The molecule has 1 aromatic heterocycles. The number of likely N-dealkylation sites (tertiary alicyclic amines) is 1. The van der Waals surface area contributed by atoms with Crippen molar-refractivity contribution >= 4 is 16.9 Å². The number of fused-ring (bicyclic) bond motifs is 2. The van der Waals surface area contributed by atoms with E-state index in [1.165, 1.54) is 18.2 Å². The highest BCUT2D eigenvalue weighted by molar-refractivity contribution is 6.00. The number of nitrogens with zero attached hydrogens (tertiary/aromatic N) is 3. The number of hydrogen-bond donors (Lipinski definition) is 2. The molecule has 1 atom stereocenters. The number of benzene rings is 4. The Morgan fingerprint density at radius 3 is 2.55 bits per heavy atom. The van der Waals surface area contributed by atoms with Gasteiger partial charge in [-0.05, 0) is 72.3 Å². The van der Waals surface area contributed by atoms with Crippen molar-refractivity contribution in [3.8, 4) is 22.6 Å². The molecule has 5 aromatic rings. The summed E-state index contributed by atoms with van der Waals surface area (Å²) in [6.45, 7) is 2.15. The summed E-state index contributed by atoms with van der Waals surface area (Å²) in [4.78, 5) is 25.7. The standard InChI is InChI=1S/C32H27FN4O3/c1-36-17-24(18-36)40-23-11-8-19(9-12-23)20-6-7-21-16-37(32(39)25(21)14-20)30(26-15-22(33)10-13-29(26)38)31-34-27-4-2-3-5-28(27)35-31/h2-15,24,30,38H,16-18H2,1H3,(H,34,35). The number of carbonyl (C=O) groups is 1. The molecule has 7 rings (SSSR count). The maximum absolute atomic E-state index is 14.4. The molecule has 8 heteroatoms. The Labute approximate surface area is 230 Å². The second-order valence-electron chi connectivity index (χ2n) is 10.5. The maximum Gasteiger partial charge on any atom is 0.255 e. The van der Waals surface area contributed by atoms with Crippen LogP contribution in [0.3, 0.4) is 0 Å². The molecule has 1 unspecified atom stereocenters. The van der Waals surface area contributed by atoms with Gasteiger partial charge >= 0.3 is 0 Å². The number of hydrogen-bond acceptors (Lipinski definition) is 5. The van der Waals surface area contributed by atoms with E-state index in [4.69, 9.17) is 9.72 Å². The van der Waals surface area contributed by atoms with Crippen molar-refractivity contribution in [2.24, 2.45) is 0 Å². The van der Waals surface area contributed by atoms with Gasteiger partial charge in [-0.2, -0.15) is 0 Å². The van der Waals surface area contributed by atoms with E-state index in [0.717, 1.165) is 46.6 Å². The minimum atomic E-state index is -0.812. The molecule has 0 spiro atoms. The second kappa shape index (κ2) is 9.50. The van der Waals surface area contributed by atoms with Gasteiger partial charge in [-0.1, -0.05) is 36.4 Å². The number of H-pyrrole nitrogens is 1. The van der Waals surface area contributed by atoms with Crippen LogP contribution >= 0.6 is 0 Å². The normalized spacial score (nSPS) is 16.2. The summed E-state index contributed by atoms with van der Waals surface area (Å²) in [5.74, 6) is 0.467. The number of carbonyl (C=O) groups excluding carboxylic acids is 1. The van der Waals surface area contributed by atoms with Gasteiger partial charge < -0.3 is 19.7 Å². The van der Waals surface area contributed by atoms with Crippen LogP contribution in [-0.4, -0.2) is 57.0 Å². The largest absolute Gasteiger partial charge is 0.508 e. The molecule has 1 fully saturated rings. The number of nitrogens with one attached hydrogen (secondary N) is 1. The molecule has 2 aliphatic rings. The number of ether oxygens (including phenoxy) is 1. The SMILES string of the molecule is CN1CC(Oc2ccc(-c3ccc4c(c3)C(=O)N(C(c3nc5ccccc5[nH]3)c3cc(F)ccc3O)C4)cc2)C1. The van der Waals surface area contributed by atoms with Gasteiger partial charge in [-0.25, -0.2) is 9.37 Å². The number of aromatic nitrogens is 2. The Bertz CT molecular complexity index is 1710. The lowest BCUT2D eigenvalue weighted by Crippen LogP contribution is -2.51. The minimum absolute atomic E-state index is 0.104. The highest BCUT2D eigenvalue weighted by Crippen LogP contribution is 2.40. The van der Waals surface area contributed by atoms with Crippen molar-refractivity contribution in [1.82, 2.24) is 19.8 Å². The number of phenolic OH excluding ortho intramolecular Hbond substituents is 1. The van der Waals surface area contributed by atoms with Gasteiger partial charge in [0.15, 0.2) is 0 Å². The van der Waals surface area contributed by atoms with Crippen LogP contribution in [-0.2, 0) is 6.54 Å². The molecule has 0 aliphatic carbocycles. The molecule has 3 heterocycles. The van der Waals surface area contributed by atoms with Crippen LogP contribution in [0.4, 0.5) is 4.39 Å². The first kappa shape index (κ1) is 24.4. The molecule has 1 saturated heterocycles. The fourth-order valence-electron chi connectivity index (χ4n) is 5.66. The zero-order valence-corrected chi connectivity index (χ0v) is 21.8. The molecule has 4 aromatic carbocycles. The fourth-order valence-corrected chi connectivity index (χ4v) is 5.66. The van der Waals surface area contributed by atoms with Crippen LogP contribution in [0.1, 0.15) is 33.4 Å². The first-order chi connectivity index (χ1) is 19.4. The molecule has 2 aliphatic heterocycles. The molecule has 40 heavy (non-hydrogen) atoms. The van der Waals surface area contributed by atoms with Crippen molar-refractivity contribution in [2.75, 3.05) is 20.1 Å². The van der Waals surface area contributed by atoms with Crippen molar-refractivity contribution in [1.29, 1.82) is 0 Å². The number of likely N-dealkylation sites (N-methyl/N-ethyl adjacent to an activating group) is 1. The molecule has 200 valence electrons. The van der Waals surface area contributed by atoms with Gasteiger partial charge in [-0.15, -0.1) is 0 Å². The van der Waals surface area contributed by atoms with Crippen LogP contribution in [0.15, 0.2) is 84.9 Å². The summed E-state index contributed by atoms with van der Waals surface area (Å²) < 4.78 is 20.4. The number of phenols is 1. The van der Waals surface area contributed by atoms with Crippen molar-refractivity contribution < 1.29 is 19.0 Å². The zero-order chi connectivity index (χ0) is 27.4. The summed E-state index contributed by atoms with van der Waals surface area (Å²) >= 11 is 0. The molecule has 7 nitrogen and oxygen atoms in total. The number of amides is 1. The van der Waals surface area contributed by atoms with Crippen molar-refractivity contribution in [3.63, 3.8) is 0 Å². The Hall–Kier alpha value is -4.69. The van der Waals surface area contributed by atoms with Crippen LogP contribution in [0, 0.1) is 5.82 Å². The monoisotopic (exact) mass is 534 g/mol. The summed E-state index contributed by atoms with van der Waals surface area (Å²) in [6, 6.07) is 24.3. The lowest BCUT2D eigenvalue weighted by atomic mass is 10.0. The van der Waals surface area contributed by atoms with Gasteiger partial charge in [0.1, 0.15) is 35.3 Å². The van der Waals surface area contributed by atoms with E-state index in [1.807, 2.05) is 66.7 Å². The number of imidazole rings is 1. The zero-order valence-electron chi connectivity index (χ0n) is 21.8. The van der Waals surface area contributed by atoms with Gasteiger partial charge in [0.2, 0.25) is 0 Å². The average Bonchev–Trinajstić information content (AvgIpc) is 3.51. The number of halogens is 1. The van der Waals surface area contributed by atoms with Gasteiger partial charge in [0.05, 0.1) is 11.0 Å². The Morgan fingerprint density at radius 1 is 1.00 bits per heavy atom. The third kappa shape index (κ3) is 4.26. The number of rotatable bonds is 6. The Kier molecular flexibility index (Phi) is 5.78. The summed E-state index contributed by atoms with van der Waals surface area (Å²) in [6.07, 6.45) is 0.219. The van der Waals surface area contributed by atoms with E-state index in [2.05, 4.69) is 16.9 Å². The fraction of sp³-hybridized carbons (Fsp3) is 0.188. The predicted octanol–water partition coefficient (Wildman–Crippen LogP) is 5.51. The lowest BCUT2D eigenvalue weighted by Gasteiger charge is -2.36. The summed E-state index contributed by atoms with van der Waals surface area (Å²) in [7, 11) is 2.07. The number of aromatic hydroxyl groups is 1. The first-order valence-electron chi connectivity index (χ1n) is 13.3. The Balaban J connectivity index is 1.21. The lowest BCUT2D eigenvalue weighted by molar-refractivity contribution is 0.0388. The van der Waals surface area contributed by atoms with E-state index >= 15 is 0 Å². The van der Waals surface area contributed by atoms with Crippen molar-refractivity contribution in [2.45, 2.75) is 18.7 Å². The topological polar surface area (TPSA) is 81.7 Å². The van der Waals surface area contributed by atoms with Crippen LogP contribution in [0.2, 0.25) is 0 Å². The predicted molar refractivity (Wildman–Crippen MR) is 150 cm³/mol. The van der Waals surface area contributed by atoms with Crippen LogP contribution in [0.5, 0.6) is 11.5 Å². The number of aromatic amines is 1. The highest BCUT2D eigenvalue weighted by Gasteiger charge is 2.37. The second-order valence-corrected chi connectivity index (χ2v) is 10.5. The summed E-state index contributed by atoms with van der Waals surface area (Å²) in [5, 5.41) is 10.7. The molecule has 0 saturated carbocycles. The van der Waals surface area contributed by atoms with Crippen molar-refractivity contribution in [3.05, 3.63) is 113 Å². The first-order valence-corrected chi connectivity index (χ1v) is 13.3. The third-order valence-electron chi connectivity index (χ3n) is 7.73. The molecule has 0 bridgehead atoms. The smallest absolute Gasteiger partial charge is 0.255 e. The minimum Gasteiger partial charge on any atom is -0.508 e. The molecule has 1 amide bonds. The van der Waals surface area contributed by atoms with E-state index < -0.39 is 11.9 Å². The van der Waals surface area contributed by atoms with E-state index in [1.54, 1.807) is 4.90 Å². The highest BCUT2D eigenvalue weighted by atomic mass is 19.1. The number of para-hydroxylation sites is 2. The third-order valence-corrected chi connectivity index (χ3v) is 7.73. The van der Waals surface area contributed by atoms with Gasteiger partial charge in [-0.3, -0.25) is 9.69 Å². The van der Waals surface area contributed by atoms with Crippen LogP contribution < -0.4 is 4.74 Å². The average molecular weight is 535 g/mol. The van der Waals surface area contributed by atoms with E-state index in [0.29, 0.717) is 17.9 Å². The molecular formula is C32H27FN4O3. The van der Waals surface area contributed by atoms with E-state index in [9.17, 15) is 14.3 Å². The Morgan fingerprint density at radius 2 is 1.77 bits per heavy atom. The molecule has 2 N–H and O–H groups in total. The van der Waals surface area contributed by atoms with E-state index in [-0.39, 0.29) is 23.3 Å². The maximum atomic E-state index is 14.4.